The number of carbonyl (C=O) groups is 1. The molecule has 1 unspecified atom stereocenters. The Kier molecular flexibility index (Phi) is 5.61. The Bertz CT molecular complexity index is 376. The molecule has 1 rings (SSSR count). The number of benzene rings is 1. The number of rotatable bonds is 6. The third kappa shape index (κ3) is 5.65. The van der Waals surface area contributed by atoms with Crippen molar-refractivity contribution in [3.05, 3.63) is 24.3 Å². The van der Waals surface area contributed by atoms with Crippen LogP contribution in [0.15, 0.2) is 24.3 Å². The zero-order chi connectivity index (χ0) is 13.5. The second-order valence-corrected chi connectivity index (χ2v) is 4.56. The van der Waals surface area contributed by atoms with Crippen molar-refractivity contribution in [1.82, 2.24) is 4.90 Å². The molecule has 0 fully saturated rings. The van der Waals surface area contributed by atoms with Gasteiger partial charge in [0.05, 0.1) is 6.10 Å². The van der Waals surface area contributed by atoms with Gasteiger partial charge in [0.1, 0.15) is 0 Å². The van der Waals surface area contributed by atoms with Crippen LogP contribution in [0.5, 0.6) is 0 Å². The van der Waals surface area contributed by atoms with Crippen LogP contribution in [0.3, 0.4) is 0 Å². The lowest BCUT2D eigenvalue weighted by Crippen LogP contribution is -2.31. The summed E-state index contributed by atoms with van der Waals surface area (Å²) in [7, 11) is 3.84. The fraction of sp³-hybridized carbons (Fsp3) is 0.462. The number of hydrogen-bond acceptors (Lipinski definition) is 4. The van der Waals surface area contributed by atoms with Crippen molar-refractivity contribution < 1.29 is 9.90 Å². The number of nitrogens with one attached hydrogen (secondary N) is 2. The van der Waals surface area contributed by atoms with Gasteiger partial charge in [-0.25, -0.2) is 0 Å². The van der Waals surface area contributed by atoms with E-state index in [-0.39, 0.29) is 5.91 Å². The molecule has 1 amide bonds. The smallest absolute Gasteiger partial charge is 0.221 e. The van der Waals surface area contributed by atoms with Crippen LogP contribution in [0.4, 0.5) is 11.4 Å². The molecule has 5 heteroatoms. The van der Waals surface area contributed by atoms with Crippen LogP contribution in [0.2, 0.25) is 0 Å². The highest BCUT2D eigenvalue weighted by Crippen LogP contribution is 2.13. The Balaban J connectivity index is 2.41. The number of hydrogen-bond donors (Lipinski definition) is 3. The summed E-state index contributed by atoms with van der Waals surface area (Å²) in [6.45, 7) is 2.60. The summed E-state index contributed by atoms with van der Waals surface area (Å²) in [6.07, 6.45) is -0.407. The van der Waals surface area contributed by atoms with Gasteiger partial charge in [0.2, 0.25) is 5.91 Å². The van der Waals surface area contributed by atoms with Gasteiger partial charge in [-0.2, -0.15) is 0 Å². The highest BCUT2D eigenvalue weighted by molar-refractivity contribution is 5.88. The molecule has 0 aliphatic heterocycles. The number of likely N-dealkylation sites (N-methyl/N-ethyl adjacent to an activating group) is 1. The van der Waals surface area contributed by atoms with Gasteiger partial charge in [0.25, 0.3) is 0 Å². The molecule has 3 N–H and O–H groups in total. The van der Waals surface area contributed by atoms with E-state index in [4.69, 9.17) is 0 Å². The Hall–Kier alpha value is -1.59. The van der Waals surface area contributed by atoms with E-state index in [9.17, 15) is 9.90 Å². The van der Waals surface area contributed by atoms with Crippen LogP contribution in [-0.4, -0.2) is 49.2 Å². The predicted molar refractivity (Wildman–Crippen MR) is 73.8 cm³/mol. The van der Waals surface area contributed by atoms with Crippen molar-refractivity contribution in [2.45, 2.75) is 13.0 Å². The van der Waals surface area contributed by atoms with Gasteiger partial charge >= 0.3 is 0 Å². The molecule has 1 atom stereocenters. The zero-order valence-electron chi connectivity index (χ0n) is 11.1. The minimum Gasteiger partial charge on any atom is -0.390 e. The van der Waals surface area contributed by atoms with Crippen molar-refractivity contribution in [3.63, 3.8) is 0 Å². The SMILES string of the molecule is CC(=O)Nc1ccc(NCC(O)CN(C)C)cc1. The van der Waals surface area contributed by atoms with E-state index in [0.717, 1.165) is 11.4 Å². The van der Waals surface area contributed by atoms with Crippen LogP contribution >= 0.6 is 0 Å². The average Bonchev–Trinajstić information content (AvgIpc) is 2.26. The summed E-state index contributed by atoms with van der Waals surface area (Å²) in [5.74, 6) is -0.0860. The Labute approximate surface area is 108 Å². The lowest BCUT2D eigenvalue weighted by molar-refractivity contribution is -0.114. The molecule has 100 valence electrons. The van der Waals surface area contributed by atoms with E-state index in [1.165, 1.54) is 6.92 Å². The number of aliphatic hydroxyl groups is 1. The number of carbonyl (C=O) groups excluding carboxylic acids is 1. The monoisotopic (exact) mass is 251 g/mol. The molecule has 0 aliphatic carbocycles. The molecule has 0 heterocycles. The van der Waals surface area contributed by atoms with Crippen molar-refractivity contribution in [2.24, 2.45) is 0 Å². The summed E-state index contributed by atoms with van der Waals surface area (Å²) in [5, 5.41) is 15.5. The van der Waals surface area contributed by atoms with Gasteiger partial charge in [0.15, 0.2) is 0 Å². The number of nitrogens with zero attached hydrogens (tertiary/aromatic N) is 1. The largest absolute Gasteiger partial charge is 0.390 e. The van der Waals surface area contributed by atoms with E-state index in [2.05, 4.69) is 10.6 Å². The molecule has 0 spiro atoms. The summed E-state index contributed by atoms with van der Waals surface area (Å²) >= 11 is 0. The molecular formula is C13H21N3O2. The van der Waals surface area contributed by atoms with E-state index in [1.807, 2.05) is 43.3 Å². The quantitative estimate of drug-likeness (QED) is 0.705. The first-order valence-corrected chi connectivity index (χ1v) is 5.91. The van der Waals surface area contributed by atoms with E-state index >= 15 is 0 Å². The molecule has 1 aromatic carbocycles. The van der Waals surface area contributed by atoms with Crippen LogP contribution < -0.4 is 10.6 Å². The van der Waals surface area contributed by atoms with Crippen LogP contribution in [-0.2, 0) is 4.79 Å². The molecule has 1 aromatic rings. The van der Waals surface area contributed by atoms with Gasteiger partial charge in [0, 0.05) is 31.4 Å². The lowest BCUT2D eigenvalue weighted by atomic mass is 10.2. The molecule has 0 bridgehead atoms. The number of anilines is 2. The van der Waals surface area contributed by atoms with Gasteiger partial charge in [-0.15, -0.1) is 0 Å². The highest BCUT2D eigenvalue weighted by Gasteiger charge is 2.05. The first kappa shape index (κ1) is 14.5. The third-order valence-corrected chi connectivity index (χ3v) is 2.32. The van der Waals surface area contributed by atoms with Crippen molar-refractivity contribution >= 4 is 17.3 Å². The minimum absolute atomic E-state index is 0.0860. The standard InChI is InChI=1S/C13H21N3O2/c1-10(17)15-12-6-4-11(5-7-12)14-8-13(18)9-16(2)3/h4-7,13-14,18H,8-9H2,1-3H3,(H,15,17). The topological polar surface area (TPSA) is 64.6 Å². The van der Waals surface area contributed by atoms with Crippen molar-refractivity contribution in [3.8, 4) is 0 Å². The van der Waals surface area contributed by atoms with Gasteiger partial charge in [-0.3, -0.25) is 4.79 Å². The first-order valence-electron chi connectivity index (χ1n) is 5.91. The molecule has 0 saturated carbocycles. The summed E-state index contributed by atoms with van der Waals surface area (Å²) in [4.78, 5) is 12.8. The fourth-order valence-corrected chi connectivity index (χ4v) is 1.60. The van der Waals surface area contributed by atoms with Gasteiger partial charge in [-0.05, 0) is 38.4 Å². The van der Waals surface area contributed by atoms with Gasteiger partial charge in [-0.1, -0.05) is 0 Å². The maximum Gasteiger partial charge on any atom is 0.221 e. The maximum atomic E-state index is 10.9. The number of aliphatic hydroxyl groups excluding tert-OH is 1. The summed E-state index contributed by atoms with van der Waals surface area (Å²) in [5.41, 5.74) is 1.68. The van der Waals surface area contributed by atoms with Crippen LogP contribution in [0.1, 0.15) is 6.92 Å². The molecule has 0 radical (unpaired) electrons. The molecule has 0 aliphatic rings. The molecular weight excluding hydrogens is 230 g/mol. The van der Waals surface area contributed by atoms with Crippen LogP contribution in [0, 0.1) is 0 Å². The van der Waals surface area contributed by atoms with Crippen molar-refractivity contribution in [2.75, 3.05) is 37.8 Å². The first-order chi connectivity index (χ1) is 8.47. The fourth-order valence-electron chi connectivity index (χ4n) is 1.60. The summed E-state index contributed by atoms with van der Waals surface area (Å²) < 4.78 is 0. The Morgan fingerprint density at radius 1 is 1.28 bits per heavy atom. The average molecular weight is 251 g/mol. The third-order valence-electron chi connectivity index (χ3n) is 2.32. The highest BCUT2D eigenvalue weighted by atomic mass is 16.3. The predicted octanol–water partition coefficient (Wildman–Crippen LogP) is 0.979. The Morgan fingerprint density at radius 3 is 2.33 bits per heavy atom. The number of amides is 1. The van der Waals surface area contributed by atoms with E-state index in [0.29, 0.717) is 13.1 Å². The van der Waals surface area contributed by atoms with Gasteiger partial charge < -0.3 is 20.6 Å². The van der Waals surface area contributed by atoms with Crippen LogP contribution in [0.25, 0.3) is 0 Å². The van der Waals surface area contributed by atoms with E-state index < -0.39 is 6.10 Å². The lowest BCUT2D eigenvalue weighted by Gasteiger charge is -2.17. The van der Waals surface area contributed by atoms with Crippen molar-refractivity contribution in [1.29, 1.82) is 0 Å². The summed E-state index contributed by atoms with van der Waals surface area (Å²) in [6, 6.07) is 7.38. The zero-order valence-corrected chi connectivity index (χ0v) is 11.1. The second-order valence-electron chi connectivity index (χ2n) is 4.56. The molecule has 5 nitrogen and oxygen atoms in total. The molecule has 18 heavy (non-hydrogen) atoms. The maximum absolute atomic E-state index is 10.9. The second kappa shape index (κ2) is 6.98. The molecule has 0 saturated heterocycles. The van der Waals surface area contributed by atoms with E-state index in [1.54, 1.807) is 0 Å². The Morgan fingerprint density at radius 2 is 1.83 bits per heavy atom. The normalized spacial score (nSPS) is 12.3. The minimum atomic E-state index is -0.407. The molecule has 0 aromatic heterocycles.